The lowest BCUT2D eigenvalue weighted by atomic mass is 10.1. The molecule has 0 spiro atoms. The summed E-state index contributed by atoms with van der Waals surface area (Å²) in [5, 5.41) is 3.31. The molecule has 3 aromatic rings. The monoisotopic (exact) mass is 512 g/mol. The maximum absolute atomic E-state index is 12.8. The Balaban J connectivity index is 1.44. The number of hydrogen-bond donors (Lipinski definition) is 1. The van der Waals surface area contributed by atoms with Crippen LogP contribution in [0.15, 0.2) is 77.7 Å². The van der Waals surface area contributed by atoms with Crippen LogP contribution in [0.3, 0.4) is 0 Å². The normalized spacial score (nSPS) is 14.5. The number of thioether (sulfide) groups is 1. The maximum Gasteiger partial charge on any atom is 0.294 e. The fraction of sp³-hybridized carbons (Fsp3) is 0.0800. The van der Waals surface area contributed by atoms with E-state index in [9.17, 15) is 14.4 Å². The zero-order valence-corrected chi connectivity index (χ0v) is 20.0. The second-order valence-electron chi connectivity index (χ2n) is 7.28. The van der Waals surface area contributed by atoms with E-state index in [0.29, 0.717) is 33.7 Å². The van der Waals surface area contributed by atoms with E-state index in [2.05, 4.69) is 5.32 Å². The van der Waals surface area contributed by atoms with Crippen molar-refractivity contribution in [3.8, 4) is 5.75 Å². The predicted molar refractivity (Wildman–Crippen MR) is 135 cm³/mol. The van der Waals surface area contributed by atoms with Gasteiger partial charge in [-0.2, -0.15) is 0 Å². The average molecular weight is 513 g/mol. The van der Waals surface area contributed by atoms with Crippen LogP contribution in [0.25, 0.3) is 6.08 Å². The highest BCUT2D eigenvalue weighted by Gasteiger charge is 2.36. The van der Waals surface area contributed by atoms with E-state index in [1.54, 1.807) is 54.6 Å². The lowest BCUT2D eigenvalue weighted by Gasteiger charge is -2.12. The molecular weight excluding hydrogens is 495 g/mol. The Kier molecular flexibility index (Phi) is 7.57. The molecule has 34 heavy (non-hydrogen) atoms. The summed E-state index contributed by atoms with van der Waals surface area (Å²) in [4.78, 5) is 38.8. The molecule has 0 saturated carbocycles. The van der Waals surface area contributed by atoms with Crippen LogP contribution in [0.1, 0.15) is 11.1 Å². The summed E-state index contributed by atoms with van der Waals surface area (Å²) < 4.78 is 5.92. The zero-order chi connectivity index (χ0) is 24.1. The van der Waals surface area contributed by atoms with Crippen LogP contribution in [-0.4, -0.2) is 28.5 Å². The summed E-state index contributed by atoms with van der Waals surface area (Å²) in [5.74, 6) is -0.462. The van der Waals surface area contributed by atoms with Crippen molar-refractivity contribution in [2.24, 2.45) is 0 Å². The van der Waals surface area contributed by atoms with Gasteiger partial charge in [-0.15, -0.1) is 0 Å². The lowest BCUT2D eigenvalue weighted by molar-refractivity contribution is -0.127. The molecule has 0 atom stereocenters. The smallest absolute Gasteiger partial charge is 0.294 e. The molecule has 9 heteroatoms. The number of carbonyl (C=O) groups is 3. The van der Waals surface area contributed by atoms with Gasteiger partial charge < -0.3 is 10.1 Å². The van der Waals surface area contributed by atoms with Gasteiger partial charge in [-0.3, -0.25) is 19.3 Å². The molecule has 3 aromatic carbocycles. The lowest BCUT2D eigenvalue weighted by Crippen LogP contribution is -2.36. The van der Waals surface area contributed by atoms with Crippen LogP contribution >= 0.6 is 35.0 Å². The first-order chi connectivity index (χ1) is 16.4. The predicted octanol–water partition coefficient (Wildman–Crippen LogP) is 6.25. The minimum atomic E-state index is -0.534. The number of nitrogens with one attached hydrogen (secondary N) is 1. The molecule has 4 rings (SSSR count). The molecule has 1 fully saturated rings. The Morgan fingerprint density at radius 2 is 1.59 bits per heavy atom. The topological polar surface area (TPSA) is 75.7 Å². The van der Waals surface area contributed by atoms with Crippen LogP contribution in [0.4, 0.5) is 10.5 Å². The molecule has 1 saturated heterocycles. The van der Waals surface area contributed by atoms with Gasteiger partial charge in [0.1, 0.15) is 18.9 Å². The van der Waals surface area contributed by atoms with Gasteiger partial charge in [0.2, 0.25) is 5.91 Å². The van der Waals surface area contributed by atoms with Crippen molar-refractivity contribution in [2.75, 3.05) is 11.9 Å². The number of halogens is 2. The SMILES string of the molecule is O=C(CN1C(=O)S/C(=C/c2ccccc2OCc2ccc(Cl)cc2)C1=O)Nc1ccc(Cl)cc1. The van der Waals surface area contributed by atoms with Crippen LogP contribution in [0.2, 0.25) is 10.0 Å². The van der Waals surface area contributed by atoms with Gasteiger partial charge in [0.05, 0.1) is 4.91 Å². The highest BCUT2D eigenvalue weighted by atomic mass is 35.5. The van der Waals surface area contributed by atoms with Crippen LogP contribution in [0.5, 0.6) is 5.75 Å². The molecule has 0 unspecified atom stereocenters. The van der Waals surface area contributed by atoms with Gasteiger partial charge in [-0.25, -0.2) is 0 Å². The number of hydrogen-bond acceptors (Lipinski definition) is 5. The van der Waals surface area contributed by atoms with Gasteiger partial charge >= 0.3 is 0 Å². The molecule has 0 aliphatic carbocycles. The van der Waals surface area contributed by atoms with Crippen molar-refractivity contribution in [1.82, 2.24) is 4.90 Å². The minimum absolute atomic E-state index is 0.215. The van der Waals surface area contributed by atoms with E-state index in [4.69, 9.17) is 27.9 Å². The Bertz CT molecular complexity index is 1260. The highest BCUT2D eigenvalue weighted by Crippen LogP contribution is 2.34. The summed E-state index contributed by atoms with van der Waals surface area (Å²) in [6.45, 7) is -0.0757. The van der Waals surface area contributed by atoms with Gasteiger partial charge in [0.25, 0.3) is 11.1 Å². The van der Waals surface area contributed by atoms with Crippen LogP contribution in [-0.2, 0) is 16.2 Å². The van der Waals surface area contributed by atoms with E-state index >= 15 is 0 Å². The number of amides is 3. The number of carbonyl (C=O) groups excluding carboxylic acids is 3. The quantitative estimate of drug-likeness (QED) is 0.378. The molecule has 6 nitrogen and oxygen atoms in total. The third kappa shape index (κ3) is 5.99. The summed E-state index contributed by atoms with van der Waals surface area (Å²) in [6, 6.07) is 21.0. The van der Waals surface area contributed by atoms with Crippen molar-refractivity contribution < 1.29 is 19.1 Å². The van der Waals surface area contributed by atoms with Crippen LogP contribution < -0.4 is 10.1 Å². The Labute approximate surface area is 210 Å². The molecule has 1 aliphatic heterocycles. The molecule has 0 radical (unpaired) electrons. The van der Waals surface area contributed by atoms with E-state index in [1.165, 1.54) is 0 Å². The number of benzene rings is 3. The summed E-state index contributed by atoms with van der Waals surface area (Å²) in [7, 11) is 0. The van der Waals surface area contributed by atoms with Gasteiger partial charge in [-0.1, -0.05) is 53.5 Å². The average Bonchev–Trinajstić information content (AvgIpc) is 3.08. The molecule has 0 bridgehead atoms. The fourth-order valence-electron chi connectivity index (χ4n) is 3.13. The summed E-state index contributed by atoms with van der Waals surface area (Å²) in [5.41, 5.74) is 2.10. The van der Waals surface area contributed by atoms with Crippen molar-refractivity contribution in [3.05, 3.63) is 98.9 Å². The molecule has 1 heterocycles. The first-order valence-corrected chi connectivity index (χ1v) is 11.7. The first-order valence-electron chi connectivity index (χ1n) is 10.2. The zero-order valence-electron chi connectivity index (χ0n) is 17.7. The number of ether oxygens (including phenoxy) is 1. The summed E-state index contributed by atoms with van der Waals surface area (Å²) >= 11 is 12.5. The third-order valence-corrected chi connectivity index (χ3v) is 6.23. The van der Waals surface area contributed by atoms with Gasteiger partial charge in [0.15, 0.2) is 0 Å². The second-order valence-corrected chi connectivity index (χ2v) is 9.14. The highest BCUT2D eigenvalue weighted by molar-refractivity contribution is 8.18. The van der Waals surface area contributed by atoms with Gasteiger partial charge in [-0.05, 0) is 65.9 Å². The number of anilines is 1. The van der Waals surface area contributed by atoms with E-state index in [1.807, 2.05) is 24.3 Å². The molecular formula is C25H18Cl2N2O4S. The minimum Gasteiger partial charge on any atom is -0.488 e. The molecule has 1 N–H and O–H groups in total. The standard InChI is InChI=1S/C25H18Cl2N2O4S/c26-18-7-5-16(6-8-18)15-33-21-4-2-1-3-17(21)13-22-24(31)29(25(32)34-22)14-23(30)28-20-11-9-19(27)10-12-20/h1-13H,14-15H2,(H,28,30)/b22-13+. The first kappa shape index (κ1) is 23.9. The fourth-order valence-corrected chi connectivity index (χ4v) is 4.21. The Morgan fingerprint density at radius 1 is 0.941 bits per heavy atom. The van der Waals surface area contributed by atoms with Crippen molar-refractivity contribution >= 4 is 63.8 Å². The molecule has 3 amide bonds. The van der Waals surface area contributed by atoms with Crippen molar-refractivity contribution in [3.63, 3.8) is 0 Å². The van der Waals surface area contributed by atoms with Crippen molar-refractivity contribution in [2.45, 2.75) is 6.61 Å². The number of imide groups is 1. The number of para-hydroxylation sites is 1. The van der Waals surface area contributed by atoms with Gasteiger partial charge in [0, 0.05) is 21.3 Å². The van der Waals surface area contributed by atoms with E-state index < -0.39 is 17.1 Å². The van der Waals surface area contributed by atoms with Crippen molar-refractivity contribution in [1.29, 1.82) is 0 Å². The second kappa shape index (κ2) is 10.8. The summed E-state index contributed by atoms with van der Waals surface area (Å²) in [6.07, 6.45) is 1.60. The number of nitrogens with zero attached hydrogens (tertiary/aromatic N) is 1. The largest absolute Gasteiger partial charge is 0.488 e. The van der Waals surface area contributed by atoms with E-state index in [-0.39, 0.29) is 11.4 Å². The Morgan fingerprint density at radius 3 is 2.29 bits per heavy atom. The van der Waals surface area contributed by atoms with Crippen LogP contribution in [0, 0.1) is 0 Å². The third-order valence-electron chi connectivity index (χ3n) is 4.82. The maximum atomic E-state index is 12.8. The van der Waals surface area contributed by atoms with E-state index in [0.717, 1.165) is 22.2 Å². The number of rotatable bonds is 7. The molecule has 0 aromatic heterocycles. The molecule has 1 aliphatic rings. The molecule has 172 valence electrons. The Hall–Kier alpha value is -3.26.